The van der Waals surface area contributed by atoms with Gasteiger partial charge in [-0.05, 0) is 13.0 Å². The van der Waals surface area contributed by atoms with Gasteiger partial charge < -0.3 is 4.74 Å². The third kappa shape index (κ3) is 2.55. The number of benzene rings is 1. The first-order valence-corrected chi connectivity index (χ1v) is 4.54. The third-order valence-corrected chi connectivity index (χ3v) is 2.26. The van der Waals surface area contributed by atoms with Crippen LogP contribution in [-0.4, -0.2) is 18.0 Å². The number of rotatable bonds is 3. The van der Waals surface area contributed by atoms with Gasteiger partial charge in [-0.1, -0.05) is 0 Å². The molecule has 0 amide bonds. The van der Waals surface area contributed by atoms with Gasteiger partial charge in [-0.2, -0.15) is 0 Å². The van der Waals surface area contributed by atoms with Crippen molar-refractivity contribution < 1.29 is 23.2 Å². The molecule has 0 saturated carbocycles. The van der Waals surface area contributed by atoms with Crippen LogP contribution in [0.2, 0.25) is 0 Å². The zero-order valence-electron chi connectivity index (χ0n) is 9.07. The van der Waals surface area contributed by atoms with E-state index in [1.54, 1.807) is 0 Å². The highest BCUT2D eigenvalue weighted by Crippen LogP contribution is 2.29. The molecule has 0 fully saturated rings. The first-order chi connectivity index (χ1) is 7.88. The van der Waals surface area contributed by atoms with Crippen molar-refractivity contribution in [1.82, 2.24) is 0 Å². The van der Waals surface area contributed by atoms with E-state index in [9.17, 15) is 23.7 Å². The topological polar surface area (TPSA) is 69.4 Å². The third-order valence-electron chi connectivity index (χ3n) is 2.26. The fraction of sp³-hybridized carbons (Fsp3) is 0.300. The van der Waals surface area contributed by atoms with Crippen LogP contribution >= 0.6 is 0 Å². The molecule has 0 aliphatic carbocycles. The summed E-state index contributed by atoms with van der Waals surface area (Å²) < 4.78 is 29.4. The summed E-state index contributed by atoms with van der Waals surface area (Å²) in [6.45, 7) is 1.31. The Morgan fingerprint density at radius 2 is 2.06 bits per heavy atom. The van der Waals surface area contributed by atoms with Crippen LogP contribution in [0.25, 0.3) is 0 Å². The Bertz CT molecular complexity index is 474. The number of nitro benzene ring substituents is 1. The molecule has 1 aromatic carbocycles. The molecule has 0 atom stereocenters. The quantitative estimate of drug-likeness (QED) is 0.466. The molecule has 0 unspecified atom stereocenters. The second-order valence-electron chi connectivity index (χ2n) is 3.26. The van der Waals surface area contributed by atoms with Crippen LogP contribution in [0.1, 0.15) is 27.9 Å². The predicted molar refractivity (Wildman–Crippen MR) is 54.1 cm³/mol. The summed E-state index contributed by atoms with van der Waals surface area (Å²) in [5, 5.41) is 10.7. The summed E-state index contributed by atoms with van der Waals surface area (Å²) >= 11 is 0. The monoisotopic (exact) mass is 245 g/mol. The number of nitrogens with zero attached hydrogens (tertiary/aromatic N) is 1. The predicted octanol–water partition coefficient (Wildman–Crippen LogP) is 2.63. The Kier molecular flexibility index (Phi) is 3.72. The Morgan fingerprint density at radius 1 is 1.47 bits per heavy atom. The van der Waals surface area contributed by atoms with Crippen molar-refractivity contribution in [2.24, 2.45) is 0 Å². The van der Waals surface area contributed by atoms with Gasteiger partial charge in [0.1, 0.15) is 0 Å². The lowest BCUT2D eigenvalue weighted by Crippen LogP contribution is -2.07. The molecule has 0 aromatic heterocycles. The van der Waals surface area contributed by atoms with Crippen LogP contribution in [-0.2, 0) is 4.74 Å². The van der Waals surface area contributed by atoms with E-state index in [0.717, 1.165) is 19.2 Å². The van der Waals surface area contributed by atoms with Crippen LogP contribution in [0.5, 0.6) is 0 Å². The highest BCUT2D eigenvalue weighted by molar-refractivity contribution is 5.92. The second-order valence-corrected chi connectivity index (χ2v) is 3.26. The summed E-state index contributed by atoms with van der Waals surface area (Å²) in [7, 11) is 1.07. The van der Waals surface area contributed by atoms with Gasteiger partial charge in [-0.3, -0.25) is 10.1 Å². The molecule has 92 valence electrons. The number of halogens is 2. The average molecular weight is 245 g/mol. The highest BCUT2D eigenvalue weighted by Gasteiger charge is 2.23. The molecular formula is C10H9F2NO4. The van der Waals surface area contributed by atoms with Gasteiger partial charge in [0.2, 0.25) is 0 Å². The van der Waals surface area contributed by atoms with Crippen LogP contribution in [0.15, 0.2) is 12.1 Å². The van der Waals surface area contributed by atoms with Gasteiger partial charge in [-0.25, -0.2) is 13.6 Å². The molecule has 0 heterocycles. The Labute approximate surface area is 95.2 Å². The number of carbonyl (C=O) groups excluding carboxylic acids is 1. The summed E-state index contributed by atoms with van der Waals surface area (Å²) in [4.78, 5) is 21.2. The van der Waals surface area contributed by atoms with Crippen LogP contribution in [0, 0.1) is 17.0 Å². The number of alkyl halides is 2. The summed E-state index contributed by atoms with van der Waals surface area (Å²) in [5.74, 6) is -0.881. The van der Waals surface area contributed by atoms with Crippen molar-refractivity contribution in [1.29, 1.82) is 0 Å². The van der Waals surface area contributed by atoms with E-state index in [1.165, 1.54) is 6.92 Å². The van der Waals surface area contributed by atoms with Crippen molar-refractivity contribution >= 4 is 11.7 Å². The minimum absolute atomic E-state index is 0.00579. The lowest BCUT2D eigenvalue weighted by molar-refractivity contribution is -0.385. The molecule has 0 bridgehead atoms. The molecule has 7 heteroatoms. The zero-order valence-corrected chi connectivity index (χ0v) is 9.07. The lowest BCUT2D eigenvalue weighted by atomic mass is 10.0. The average Bonchev–Trinajstić information content (AvgIpc) is 2.27. The fourth-order valence-electron chi connectivity index (χ4n) is 1.36. The number of esters is 1. The van der Waals surface area contributed by atoms with Crippen molar-refractivity contribution in [3.05, 3.63) is 38.9 Å². The number of ether oxygens (including phenoxy) is 1. The highest BCUT2D eigenvalue weighted by atomic mass is 19.3. The van der Waals surface area contributed by atoms with E-state index in [0.29, 0.717) is 0 Å². The van der Waals surface area contributed by atoms with Gasteiger partial charge >= 0.3 is 5.97 Å². The largest absolute Gasteiger partial charge is 0.465 e. The molecule has 0 aliphatic rings. The number of carbonyl (C=O) groups is 1. The van der Waals surface area contributed by atoms with Crippen LogP contribution in [0.3, 0.4) is 0 Å². The van der Waals surface area contributed by atoms with Gasteiger partial charge in [0, 0.05) is 17.2 Å². The van der Waals surface area contributed by atoms with Gasteiger partial charge in [0.25, 0.3) is 12.1 Å². The molecule has 0 N–H and O–H groups in total. The van der Waals surface area contributed by atoms with E-state index >= 15 is 0 Å². The van der Waals surface area contributed by atoms with Crippen molar-refractivity contribution in [3.8, 4) is 0 Å². The molecule has 0 radical (unpaired) electrons. The first-order valence-electron chi connectivity index (χ1n) is 4.54. The Morgan fingerprint density at radius 3 is 2.47 bits per heavy atom. The van der Waals surface area contributed by atoms with Gasteiger partial charge in [-0.15, -0.1) is 0 Å². The zero-order chi connectivity index (χ0) is 13.2. The number of hydrogen-bond donors (Lipinski definition) is 0. The molecule has 5 nitrogen and oxygen atoms in total. The summed E-state index contributed by atoms with van der Waals surface area (Å²) in [6, 6.07) is 1.66. The standard InChI is InChI=1S/C10H9F2NO4/c1-5-7(10(14)17-2)3-6(9(11)12)4-8(5)13(15)16/h3-4,9H,1-2H3. The maximum Gasteiger partial charge on any atom is 0.338 e. The fourth-order valence-corrected chi connectivity index (χ4v) is 1.36. The number of methoxy groups -OCH3 is 1. The number of nitro groups is 1. The number of hydrogen-bond acceptors (Lipinski definition) is 4. The van der Waals surface area contributed by atoms with Crippen LogP contribution in [0.4, 0.5) is 14.5 Å². The molecule has 0 spiro atoms. The SMILES string of the molecule is COC(=O)c1cc(C(F)F)cc([N+](=O)[O-])c1C. The first kappa shape index (κ1) is 13.0. The van der Waals surface area contributed by atoms with Crippen LogP contribution < -0.4 is 0 Å². The molecule has 0 aliphatic heterocycles. The van der Waals surface area contributed by atoms with E-state index in [1.807, 2.05) is 0 Å². The van der Waals surface area contributed by atoms with E-state index in [2.05, 4.69) is 4.74 Å². The molecule has 1 rings (SSSR count). The lowest BCUT2D eigenvalue weighted by Gasteiger charge is -2.07. The van der Waals surface area contributed by atoms with Crippen molar-refractivity contribution in [2.45, 2.75) is 13.3 Å². The van der Waals surface area contributed by atoms with Gasteiger partial charge in [0.05, 0.1) is 17.6 Å². The molecule has 1 aromatic rings. The maximum atomic E-state index is 12.5. The minimum Gasteiger partial charge on any atom is -0.465 e. The summed E-state index contributed by atoms with van der Waals surface area (Å²) in [5.41, 5.74) is -1.32. The molecule has 17 heavy (non-hydrogen) atoms. The Hall–Kier alpha value is -2.05. The van der Waals surface area contributed by atoms with E-state index < -0.39 is 28.6 Å². The smallest absolute Gasteiger partial charge is 0.338 e. The van der Waals surface area contributed by atoms with Crippen molar-refractivity contribution in [3.63, 3.8) is 0 Å². The van der Waals surface area contributed by atoms with Gasteiger partial charge in [0.15, 0.2) is 0 Å². The summed E-state index contributed by atoms with van der Waals surface area (Å²) in [6.07, 6.45) is -2.89. The molecular weight excluding hydrogens is 236 g/mol. The normalized spacial score (nSPS) is 10.4. The molecule has 0 saturated heterocycles. The second kappa shape index (κ2) is 4.86. The van der Waals surface area contributed by atoms with E-state index in [-0.39, 0.29) is 11.1 Å². The minimum atomic E-state index is -2.89. The van der Waals surface area contributed by atoms with E-state index in [4.69, 9.17) is 0 Å². The van der Waals surface area contributed by atoms with Crippen molar-refractivity contribution in [2.75, 3.05) is 7.11 Å². The maximum absolute atomic E-state index is 12.5. The Balaban J connectivity index is 3.48.